The summed E-state index contributed by atoms with van der Waals surface area (Å²) in [5, 5.41) is 2.46. The summed E-state index contributed by atoms with van der Waals surface area (Å²) in [6.45, 7) is 0.256. The first-order valence-electron chi connectivity index (χ1n) is 8.31. The van der Waals surface area contributed by atoms with E-state index in [1.54, 1.807) is 31.2 Å². The molecule has 144 valence electrons. The Hall–Kier alpha value is -2.22. The van der Waals surface area contributed by atoms with E-state index in [0.29, 0.717) is 16.8 Å². The van der Waals surface area contributed by atoms with Gasteiger partial charge in [0, 0.05) is 16.1 Å². The normalized spacial score (nSPS) is 19.6. The van der Waals surface area contributed by atoms with Crippen LogP contribution in [0.3, 0.4) is 0 Å². The van der Waals surface area contributed by atoms with Gasteiger partial charge in [0.1, 0.15) is 12.4 Å². The molecule has 0 saturated heterocycles. The zero-order chi connectivity index (χ0) is 19.8. The Morgan fingerprint density at radius 3 is 2.37 bits per heavy atom. The number of carbonyl (C=O) groups is 1. The number of amides is 2. The van der Waals surface area contributed by atoms with E-state index in [-0.39, 0.29) is 6.42 Å². The van der Waals surface area contributed by atoms with Gasteiger partial charge < -0.3 is 10.2 Å². The van der Waals surface area contributed by atoms with E-state index < -0.39 is 30.1 Å². The van der Waals surface area contributed by atoms with Gasteiger partial charge in [-0.2, -0.15) is 13.2 Å². The summed E-state index contributed by atoms with van der Waals surface area (Å²) in [6.07, 6.45) is -2.55. The van der Waals surface area contributed by atoms with E-state index >= 15 is 0 Å². The van der Waals surface area contributed by atoms with Crippen molar-refractivity contribution in [2.45, 2.75) is 30.0 Å². The molecule has 0 spiro atoms. The molecule has 2 aromatic carbocycles. The fraction of sp³-hybridized carbons (Fsp3) is 0.316. The minimum absolute atomic E-state index is 0.158. The maximum absolute atomic E-state index is 14.0. The van der Waals surface area contributed by atoms with Crippen LogP contribution in [0.4, 0.5) is 28.0 Å². The molecule has 0 aliphatic carbocycles. The number of halogens is 4. The Morgan fingerprint density at radius 2 is 1.81 bits per heavy atom. The van der Waals surface area contributed by atoms with Gasteiger partial charge in [0.05, 0.1) is 5.54 Å². The van der Waals surface area contributed by atoms with Crippen molar-refractivity contribution in [3.63, 3.8) is 0 Å². The van der Waals surface area contributed by atoms with E-state index in [1.807, 2.05) is 6.26 Å². The zero-order valence-corrected chi connectivity index (χ0v) is 15.5. The van der Waals surface area contributed by atoms with Gasteiger partial charge in [-0.1, -0.05) is 19.1 Å². The molecular weight excluding hydrogens is 380 g/mol. The van der Waals surface area contributed by atoms with Crippen LogP contribution >= 0.6 is 11.8 Å². The number of rotatable bonds is 4. The Balaban J connectivity index is 2.28. The van der Waals surface area contributed by atoms with Crippen LogP contribution in [-0.4, -0.2) is 29.9 Å². The summed E-state index contributed by atoms with van der Waals surface area (Å²) >= 11 is 1.50. The number of urea groups is 1. The van der Waals surface area contributed by atoms with Crippen LogP contribution in [0.2, 0.25) is 0 Å². The smallest absolute Gasteiger partial charge is 0.307 e. The molecule has 0 radical (unpaired) electrons. The van der Waals surface area contributed by atoms with E-state index in [0.717, 1.165) is 9.80 Å². The van der Waals surface area contributed by atoms with Crippen molar-refractivity contribution in [2.24, 2.45) is 0 Å². The third kappa shape index (κ3) is 3.50. The molecule has 3 rings (SSSR count). The lowest BCUT2D eigenvalue weighted by molar-refractivity contribution is -0.148. The summed E-state index contributed by atoms with van der Waals surface area (Å²) in [7, 11) is 0. The Labute approximate surface area is 158 Å². The number of hydrogen-bond acceptors (Lipinski definition) is 2. The number of fused-ring (bicyclic) bond motifs is 1. The highest BCUT2D eigenvalue weighted by Gasteiger charge is 2.50. The number of hydrogen-bond donors (Lipinski definition) is 1. The fourth-order valence-corrected chi connectivity index (χ4v) is 4.03. The van der Waals surface area contributed by atoms with E-state index in [1.165, 1.54) is 30.0 Å². The second-order valence-electron chi connectivity index (χ2n) is 6.26. The average molecular weight is 398 g/mol. The SMILES string of the molecule is CCC1(c2ccc(SC)cc2)c2cc(F)ccc2NC(=O)N1CC(F)(F)F. The number of carbonyl (C=O) groups excluding carboxylic acids is 1. The summed E-state index contributed by atoms with van der Waals surface area (Å²) in [5.74, 6) is -0.574. The van der Waals surface area contributed by atoms with Crippen LogP contribution in [0.25, 0.3) is 0 Å². The standard InChI is InChI=1S/C19H18F4N2OS/c1-3-18(12-4-7-14(27-2)8-5-12)15-10-13(20)6-9-16(15)24-17(26)25(18)11-19(21,22)23/h4-10H,3,11H2,1-2H3,(H,24,26). The Morgan fingerprint density at radius 1 is 1.15 bits per heavy atom. The van der Waals surface area contributed by atoms with Crippen molar-refractivity contribution in [1.29, 1.82) is 0 Å². The number of nitrogens with one attached hydrogen (secondary N) is 1. The molecule has 0 saturated carbocycles. The number of anilines is 1. The van der Waals surface area contributed by atoms with Crippen LogP contribution in [0.5, 0.6) is 0 Å². The second-order valence-corrected chi connectivity index (χ2v) is 7.14. The third-order valence-electron chi connectivity index (χ3n) is 4.79. The van der Waals surface area contributed by atoms with Crippen LogP contribution < -0.4 is 5.32 Å². The number of alkyl halides is 3. The lowest BCUT2D eigenvalue weighted by atomic mass is 9.77. The molecule has 0 bridgehead atoms. The molecule has 27 heavy (non-hydrogen) atoms. The predicted molar refractivity (Wildman–Crippen MR) is 97.5 cm³/mol. The molecule has 8 heteroatoms. The highest BCUT2D eigenvalue weighted by Crippen LogP contribution is 2.47. The predicted octanol–water partition coefficient (Wildman–Crippen LogP) is 5.61. The maximum Gasteiger partial charge on any atom is 0.406 e. The van der Waals surface area contributed by atoms with Crippen molar-refractivity contribution in [3.05, 3.63) is 59.4 Å². The highest BCUT2D eigenvalue weighted by molar-refractivity contribution is 7.98. The van der Waals surface area contributed by atoms with Gasteiger partial charge in [-0.05, 0) is 48.6 Å². The number of benzene rings is 2. The number of nitrogens with zero attached hydrogens (tertiary/aromatic N) is 1. The minimum atomic E-state index is -4.60. The topological polar surface area (TPSA) is 32.3 Å². The molecule has 0 aromatic heterocycles. The monoisotopic (exact) mass is 398 g/mol. The number of thioether (sulfide) groups is 1. The Kier molecular flexibility index (Phi) is 5.12. The molecule has 1 unspecified atom stereocenters. The molecule has 0 fully saturated rings. The molecule has 2 aromatic rings. The fourth-order valence-electron chi connectivity index (χ4n) is 3.62. The second kappa shape index (κ2) is 7.07. The molecule has 1 N–H and O–H groups in total. The van der Waals surface area contributed by atoms with Crippen LogP contribution in [0.15, 0.2) is 47.4 Å². The van der Waals surface area contributed by atoms with Gasteiger partial charge in [0.2, 0.25) is 0 Å². The molecule has 1 atom stereocenters. The van der Waals surface area contributed by atoms with Crippen LogP contribution in [0, 0.1) is 5.82 Å². The molecule has 3 nitrogen and oxygen atoms in total. The summed E-state index contributed by atoms with van der Waals surface area (Å²) in [5.41, 5.74) is -0.290. The average Bonchev–Trinajstić information content (AvgIpc) is 2.62. The molecular formula is C19H18F4N2OS. The molecule has 1 aliphatic rings. The molecule has 1 aliphatic heterocycles. The van der Waals surface area contributed by atoms with E-state index in [9.17, 15) is 22.4 Å². The minimum Gasteiger partial charge on any atom is -0.307 e. The summed E-state index contributed by atoms with van der Waals surface area (Å²) in [6, 6.07) is 9.87. The third-order valence-corrected chi connectivity index (χ3v) is 5.53. The van der Waals surface area contributed by atoms with Gasteiger partial charge in [0.15, 0.2) is 0 Å². The van der Waals surface area contributed by atoms with Crippen molar-refractivity contribution in [1.82, 2.24) is 4.90 Å². The van der Waals surface area contributed by atoms with Crippen LogP contribution in [-0.2, 0) is 5.54 Å². The Bertz CT molecular complexity index is 854. The van der Waals surface area contributed by atoms with Crippen molar-refractivity contribution in [2.75, 3.05) is 18.1 Å². The van der Waals surface area contributed by atoms with E-state index in [4.69, 9.17) is 0 Å². The molecule has 1 heterocycles. The lowest BCUT2D eigenvalue weighted by Gasteiger charge is -2.48. The summed E-state index contributed by atoms with van der Waals surface area (Å²) in [4.78, 5) is 14.3. The lowest BCUT2D eigenvalue weighted by Crippen LogP contribution is -2.57. The van der Waals surface area contributed by atoms with Gasteiger partial charge in [-0.25, -0.2) is 9.18 Å². The van der Waals surface area contributed by atoms with Crippen LogP contribution in [0.1, 0.15) is 24.5 Å². The molecule has 2 amide bonds. The van der Waals surface area contributed by atoms with Crippen molar-refractivity contribution < 1.29 is 22.4 Å². The van der Waals surface area contributed by atoms with Gasteiger partial charge >= 0.3 is 12.2 Å². The first-order chi connectivity index (χ1) is 12.7. The van der Waals surface area contributed by atoms with Gasteiger partial charge in [-0.15, -0.1) is 11.8 Å². The van der Waals surface area contributed by atoms with E-state index in [2.05, 4.69) is 5.32 Å². The largest absolute Gasteiger partial charge is 0.406 e. The van der Waals surface area contributed by atoms with Gasteiger partial charge in [0.25, 0.3) is 0 Å². The summed E-state index contributed by atoms with van der Waals surface area (Å²) < 4.78 is 53.9. The quantitative estimate of drug-likeness (QED) is 0.536. The van der Waals surface area contributed by atoms with Gasteiger partial charge in [-0.3, -0.25) is 0 Å². The zero-order valence-electron chi connectivity index (χ0n) is 14.7. The maximum atomic E-state index is 14.0. The first-order valence-corrected chi connectivity index (χ1v) is 9.53. The van der Waals surface area contributed by atoms with Crippen molar-refractivity contribution in [3.8, 4) is 0 Å². The van der Waals surface area contributed by atoms with Crippen molar-refractivity contribution >= 4 is 23.5 Å². The first kappa shape index (κ1) is 19.5. The highest BCUT2D eigenvalue weighted by atomic mass is 32.2.